The summed E-state index contributed by atoms with van der Waals surface area (Å²) in [5.74, 6) is -1.15. The van der Waals surface area contributed by atoms with Crippen molar-refractivity contribution in [3.8, 4) is 0 Å². The molecule has 7 heteroatoms. The third kappa shape index (κ3) is 3.44. The molecule has 2 aromatic rings. The summed E-state index contributed by atoms with van der Waals surface area (Å²) in [7, 11) is 0. The maximum atomic E-state index is 13.3. The number of rotatable bonds is 2. The number of carbonyl (C=O) groups is 1. The largest absolute Gasteiger partial charge is 0.322 e. The van der Waals surface area contributed by atoms with E-state index in [2.05, 4.69) is 21.2 Å². The van der Waals surface area contributed by atoms with E-state index in [0.717, 1.165) is 0 Å². The third-order valence-electron chi connectivity index (χ3n) is 2.41. The van der Waals surface area contributed by atoms with Gasteiger partial charge in [0.15, 0.2) is 5.82 Å². The van der Waals surface area contributed by atoms with Crippen LogP contribution < -0.4 is 5.32 Å². The maximum absolute atomic E-state index is 13.3. The molecule has 0 heterocycles. The summed E-state index contributed by atoms with van der Waals surface area (Å²) in [6.45, 7) is 0. The van der Waals surface area contributed by atoms with Gasteiger partial charge in [0.25, 0.3) is 5.91 Å². The fourth-order valence-corrected chi connectivity index (χ4v) is 2.58. The quantitative estimate of drug-likeness (QED) is 0.638. The van der Waals surface area contributed by atoms with Crippen LogP contribution in [0.2, 0.25) is 15.1 Å². The van der Waals surface area contributed by atoms with Gasteiger partial charge in [0.05, 0.1) is 15.6 Å². The van der Waals surface area contributed by atoms with Crippen LogP contribution in [0.1, 0.15) is 10.4 Å². The molecule has 0 aliphatic rings. The molecule has 2 aromatic carbocycles. The summed E-state index contributed by atoms with van der Waals surface area (Å²) in [6, 6.07) is 7.36. The average molecular weight is 397 g/mol. The normalized spacial score (nSPS) is 10.4. The van der Waals surface area contributed by atoms with Crippen LogP contribution in [-0.2, 0) is 0 Å². The first-order valence-corrected chi connectivity index (χ1v) is 7.22. The van der Waals surface area contributed by atoms with E-state index in [0.29, 0.717) is 20.7 Å². The number of amides is 1. The number of anilines is 1. The maximum Gasteiger partial charge on any atom is 0.256 e. The SMILES string of the molecule is O=C(Nc1cc(Cl)c(F)c(Cl)c1)c1cc(Cl)ccc1Br. The topological polar surface area (TPSA) is 29.1 Å². The monoisotopic (exact) mass is 395 g/mol. The van der Waals surface area contributed by atoms with Gasteiger partial charge in [-0.25, -0.2) is 4.39 Å². The summed E-state index contributed by atoms with van der Waals surface area (Å²) >= 11 is 20.4. The Bertz CT molecular complexity index is 670. The van der Waals surface area contributed by atoms with Crippen molar-refractivity contribution in [3.63, 3.8) is 0 Å². The van der Waals surface area contributed by atoms with Gasteiger partial charge in [-0.1, -0.05) is 34.8 Å². The summed E-state index contributed by atoms with van der Waals surface area (Å²) in [4.78, 5) is 12.1. The molecular weight excluding hydrogens is 391 g/mol. The van der Waals surface area contributed by atoms with Crippen molar-refractivity contribution in [1.82, 2.24) is 0 Å². The molecule has 0 saturated carbocycles. The van der Waals surface area contributed by atoms with Gasteiger partial charge in [0.1, 0.15) is 0 Å². The summed E-state index contributed by atoms with van der Waals surface area (Å²) in [6.07, 6.45) is 0. The van der Waals surface area contributed by atoms with Crippen molar-refractivity contribution in [1.29, 1.82) is 0 Å². The predicted molar refractivity (Wildman–Crippen MR) is 83.5 cm³/mol. The lowest BCUT2D eigenvalue weighted by molar-refractivity contribution is 0.102. The van der Waals surface area contributed by atoms with Crippen molar-refractivity contribution in [2.45, 2.75) is 0 Å². The molecule has 0 unspecified atom stereocenters. The molecule has 104 valence electrons. The van der Waals surface area contributed by atoms with E-state index in [-0.39, 0.29) is 10.0 Å². The highest BCUT2D eigenvalue weighted by Crippen LogP contribution is 2.28. The second-order valence-electron chi connectivity index (χ2n) is 3.83. The number of benzene rings is 2. The first kappa shape index (κ1) is 15.6. The number of hydrogen-bond acceptors (Lipinski definition) is 1. The number of carbonyl (C=O) groups excluding carboxylic acids is 1. The van der Waals surface area contributed by atoms with Crippen molar-refractivity contribution in [2.24, 2.45) is 0 Å². The van der Waals surface area contributed by atoms with E-state index in [9.17, 15) is 9.18 Å². The van der Waals surface area contributed by atoms with Gasteiger partial charge in [0.2, 0.25) is 0 Å². The first-order chi connectivity index (χ1) is 9.38. The Hall–Kier alpha value is -0.810. The van der Waals surface area contributed by atoms with Gasteiger partial charge in [-0.05, 0) is 46.3 Å². The standard InChI is InChI=1S/C13H6BrCl3FNO/c14-9-2-1-6(15)3-8(9)13(20)19-7-4-10(16)12(18)11(17)5-7/h1-5H,(H,19,20). The van der Waals surface area contributed by atoms with Crippen LogP contribution in [0.25, 0.3) is 0 Å². The highest BCUT2D eigenvalue weighted by Gasteiger charge is 2.13. The molecule has 0 aromatic heterocycles. The van der Waals surface area contributed by atoms with Gasteiger partial charge < -0.3 is 5.32 Å². The minimum atomic E-state index is -0.727. The van der Waals surface area contributed by atoms with Gasteiger partial charge in [-0.3, -0.25) is 4.79 Å². The van der Waals surface area contributed by atoms with Crippen LogP contribution in [-0.4, -0.2) is 5.91 Å². The van der Waals surface area contributed by atoms with Gasteiger partial charge >= 0.3 is 0 Å². The molecule has 0 atom stereocenters. The molecule has 20 heavy (non-hydrogen) atoms. The zero-order valence-electron chi connectivity index (χ0n) is 9.68. The Morgan fingerprint density at radius 3 is 2.30 bits per heavy atom. The zero-order chi connectivity index (χ0) is 14.9. The minimum absolute atomic E-state index is 0.169. The Balaban J connectivity index is 2.30. The highest BCUT2D eigenvalue weighted by molar-refractivity contribution is 9.10. The van der Waals surface area contributed by atoms with Crippen molar-refractivity contribution >= 4 is 62.3 Å². The van der Waals surface area contributed by atoms with Crippen LogP contribution in [0.4, 0.5) is 10.1 Å². The van der Waals surface area contributed by atoms with E-state index >= 15 is 0 Å². The molecule has 0 radical (unpaired) electrons. The van der Waals surface area contributed by atoms with Crippen LogP contribution in [0, 0.1) is 5.82 Å². The van der Waals surface area contributed by atoms with Crippen LogP contribution in [0.5, 0.6) is 0 Å². The van der Waals surface area contributed by atoms with Crippen molar-refractivity contribution in [2.75, 3.05) is 5.32 Å². The van der Waals surface area contributed by atoms with E-state index in [1.807, 2.05) is 0 Å². The minimum Gasteiger partial charge on any atom is -0.322 e. The highest BCUT2D eigenvalue weighted by atomic mass is 79.9. The molecule has 0 fully saturated rings. The molecule has 0 spiro atoms. The van der Waals surface area contributed by atoms with Gasteiger partial charge in [-0.15, -0.1) is 0 Å². The Morgan fingerprint density at radius 1 is 1.10 bits per heavy atom. The molecule has 2 nitrogen and oxygen atoms in total. The first-order valence-electron chi connectivity index (χ1n) is 5.29. The third-order valence-corrected chi connectivity index (χ3v) is 3.89. The number of nitrogens with one attached hydrogen (secondary N) is 1. The molecule has 2 rings (SSSR count). The lowest BCUT2D eigenvalue weighted by Crippen LogP contribution is -2.12. The Morgan fingerprint density at radius 2 is 1.70 bits per heavy atom. The average Bonchev–Trinajstić information content (AvgIpc) is 2.38. The predicted octanol–water partition coefficient (Wildman–Crippen LogP) is 5.80. The van der Waals surface area contributed by atoms with Gasteiger partial charge in [0, 0.05) is 15.2 Å². The second-order valence-corrected chi connectivity index (χ2v) is 5.94. The van der Waals surface area contributed by atoms with E-state index < -0.39 is 11.7 Å². The molecule has 0 aliphatic carbocycles. The Labute approximate surface area is 138 Å². The second kappa shape index (κ2) is 6.31. The lowest BCUT2D eigenvalue weighted by atomic mass is 10.2. The molecule has 0 bridgehead atoms. The van der Waals surface area contributed by atoms with E-state index in [4.69, 9.17) is 34.8 Å². The number of halogens is 5. The fourth-order valence-electron chi connectivity index (χ4n) is 1.50. The number of hydrogen-bond donors (Lipinski definition) is 1. The van der Waals surface area contributed by atoms with E-state index in [1.54, 1.807) is 12.1 Å². The zero-order valence-corrected chi connectivity index (χ0v) is 13.5. The summed E-state index contributed by atoms with van der Waals surface area (Å²) in [5.41, 5.74) is 0.632. The smallest absolute Gasteiger partial charge is 0.256 e. The van der Waals surface area contributed by atoms with Gasteiger partial charge in [-0.2, -0.15) is 0 Å². The summed E-state index contributed by atoms with van der Waals surface area (Å²) < 4.78 is 13.9. The molecule has 0 saturated heterocycles. The fraction of sp³-hybridized carbons (Fsp3) is 0. The van der Waals surface area contributed by atoms with Crippen molar-refractivity contribution in [3.05, 3.63) is 61.3 Å². The van der Waals surface area contributed by atoms with Crippen LogP contribution in [0.3, 0.4) is 0 Å². The van der Waals surface area contributed by atoms with E-state index in [1.165, 1.54) is 18.2 Å². The molecule has 0 aliphatic heterocycles. The molecular formula is C13H6BrCl3FNO. The van der Waals surface area contributed by atoms with Crippen LogP contribution >= 0.6 is 50.7 Å². The lowest BCUT2D eigenvalue weighted by Gasteiger charge is -2.09. The Kier molecular flexibility index (Phi) is 4.91. The summed E-state index contributed by atoms with van der Waals surface area (Å²) in [5, 5.41) is 2.66. The molecule has 1 amide bonds. The molecule has 1 N–H and O–H groups in total. The van der Waals surface area contributed by atoms with Crippen molar-refractivity contribution < 1.29 is 9.18 Å². The van der Waals surface area contributed by atoms with Crippen LogP contribution in [0.15, 0.2) is 34.8 Å².